The Morgan fingerprint density at radius 1 is 1.61 bits per heavy atom. The van der Waals surface area contributed by atoms with Crippen molar-refractivity contribution >= 4 is 11.9 Å². The van der Waals surface area contributed by atoms with E-state index in [1.165, 1.54) is 0 Å². The zero-order valence-corrected chi connectivity index (χ0v) is 11.1. The van der Waals surface area contributed by atoms with Crippen LogP contribution in [0, 0.1) is 5.92 Å². The van der Waals surface area contributed by atoms with E-state index < -0.39 is 0 Å². The largest absolute Gasteiger partial charge is 0.433 e. The summed E-state index contributed by atoms with van der Waals surface area (Å²) in [6, 6.07) is 0.155. The van der Waals surface area contributed by atoms with Crippen LogP contribution in [0.5, 0.6) is 0 Å². The Morgan fingerprint density at radius 2 is 2.33 bits per heavy atom. The average molecular weight is 255 g/mol. The molecular weight excluding hydrogens is 234 g/mol. The van der Waals surface area contributed by atoms with Gasteiger partial charge in [0.1, 0.15) is 6.61 Å². The standard InChI is InChI=1S/C13H21NO4/c1-3-10(14-6-4-5-11(14)15)7-9(2)13(16)18-12-8-17-12/h9-10,12H,3-8H2,1-2H3. The van der Waals surface area contributed by atoms with Gasteiger partial charge in [0.05, 0.1) is 5.92 Å². The lowest BCUT2D eigenvalue weighted by molar-refractivity contribution is -0.154. The monoisotopic (exact) mass is 255 g/mol. The minimum Gasteiger partial charge on any atom is -0.433 e. The van der Waals surface area contributed by atoms with E-state index in [4.69, 9.17) is 9.47 Å². The van der Waals surface area contributed by atoms with Crippen molar-refractivity contribution in [1.29, 1.82) is 0 Å². The Bertz CT molecular complexity index is 327. The van der Waals surface area contributed by atoms with E-state index in [9.17, 15) is 9.59 Å². The third kappa shape index (κ3) is 3.22. The lowest BCUT2D eigenvalue weighted by atomic mass is 9.99. The molecule has 18 heavy (non-hydrogen) atoms. The van der Waals surface area contributed by atoms with E-state index in [1.807, 2.05) is 11.8 Å². The third-order valence-corrected chi connectivity index (χ3v) is 3.60. The molecule has 3 atom stereocenters. The quantitative estimate of drug-likeness (QED) is 0.530. The van der Waals surface area contributed by atoms with Gasteiger partial charge in [-0.1, -0.05) is 13.8 Å². The van der Waals surface area contributed by atoms with Crippen molar-refractivity contribution in [1.82, 2.24) is 4.90 Å². The minimum absolute atomic E-state index is 0.155. The number of hydrogen-bond acceptors (Lipinski definition) is 4. The summed E-state index contributed by atoms with van der Waals surface area (Å²) in [6.45, 7) is 5.25. The molecule has 5 heteroatoms. The van der Waals surface area contributed by atoms with Gasteiger partial charge < -0.3 is 14.4 Å². The summed E-state index contributed by atoms with van der Waals surface area (Å²) in [6.07, 6.45) is 2.81. The maximum atomic E-state index is 11.7. The maximum Gasteiger partial charge on any atom is 0.311 e. The molecule has 0 aromatic rings. The van der Waals surface area contributed by atoms with Gasteiger partial charge >= 0.3 is 5.97 Å². The van der Waals surface area contributed by atoms with Crippen LogP contribution in [0.3, 0.4) is 0 Å². The Balaban J connectivity index is 1.84. The third-order valence-electron chi connectivity index (χ3n) is 3.60. The van der Waals surface area contributed by atoms with Crippen LogP contribution in [0.15, 0.2) is 0 Å². The van der Waals surface area contributed by atoms with Crippen molar-refractivity contribution in [2.45, 2.75) is 51.9 Å². The molecule has 1 amide bonds. The fourth-order valence-corrected chi connectivity index (χ4v) is 2.43. The Labute approximate surface area is 107 Å². The first-order valence-corrected chi connectivity index (χ1v) is 6.73. The topological polar surface area (TPSA) is 59.1 Å². The Morgan fingerprint density at radius 3 is 2.83 bits per heavy atom. The van der Waals surface area contributed by atoms with Gasteiger partial charge in [0.25, 0.3) is 0 Å². The molecule has 0 bridgehead atoms. The first-order valence-electron chi connectivity index (χ1n) is 6.73. The van der Waals surface area contributed by atoms with Crippen LogP contribution in [-0.4, -0.2) is 42.3 Å². The number of ether oxygens (including phenoxy) is 2. The number of esters is 1. The summed E-state index contributed by atoms with van der Waals surface area (Å²) in [7, 11) is 0. The predicted molar refractivity (Wildman–Crippen MR) is 64.6 cm³/mol. The number of carbonyl (C=O) groups is 2. The second kappa shape index (κ2) is 5.69. The molecule has 2 saturated heterocycles. The van der Waals surface area contributed by atoms with Gasteiger partial charge in [-0.2, -0.15) is 0 Å². The van der Waals surface area contributed by atoms with Crippen molar-refractivity contribution < 1.29 is 19.1 Å². The second-order valence-electron chi connectivity index (χ2n) is 5.09. The highest BCUT2D eigenvalue weighted by Crippen LogP contribution is 2.23. The molecule has 2 rings (SSSR count). The smallest absolute Gasteiger partial charge is 0.311 e. The van der Waals surface area contributed by atoms with Gasteiger partial charge in [0, 0.05) is 19.0 Å². The molecule has 5 nitrogen and oxygen atoms in total. The summed E-state index contributed by atoms with van der Waals surface area (Å²) in [5, 5.41) is 0. The van der Waals surface area contributed by atoms with Crippen molar-refractivity contribution in [3.63, 3.8) is 0 Å². The lowest BCUT2D eigenvalue weighted by Crippen LogP contribution is -2.38. The van der Waals surface area contributed by atoms with Crippen LogP contribution >= 0.6 is 0 Å². The van der Waals surface area contributed by atoms with E-state index in [0.717, 1.165) is 19.4 Å². The summed E-state index contributed by atoms with van der Waals surface area (Å²) in [5.74, 6) is -0.192. The molecule has 2 aliphatic heterocycles. The summed E-state index contributed by atoms with van der Waals surface area (Å²) in [4.78, 5) is 25.4. The molecule has 0 spiro atoms. The zero-order chi connectivity index (χ0) is 13.1. The first kappa shape index (κ1) is 13.3. The molecule has 0 aromatic heterocycles. The second-order valence-corrected chi connectivity index (χ2v) is 5.09. The van der Waals surface area contributed by atoms with Crippen LogP contribution in [0.4, 0.5) is 0 Å². The van der Waals surface area contributed by atoms with Crippen LogP contribution in [0.2, 0.25) is 0 Å². The molecule has 0 saturated carbocycles. The molecule has 2 aliphatic rings. The van der Waals surface area contributed by atoms with E-state index >= 15 is 0 Å². The number of carbonyl (C=O) groups excluding carboxylic acids is 2. The van der Waals surface area contributed by atoms with Crippen molar-refractivity contribution in [3.05, 3.63) is 0 Å². The van der Waals surface area contributed by atoms with Gasteiger partial charge in [-0.25, -0.2) is 0 Å². The van der Waals surface area contributed by atoms with E-state index in [2.05, 4.69) is 6.92 Å². The normalized spacial score (nSPS) is 26.0. The lowest BCUT2D eigenvalue weighted by Gasteiger charge is -2.28. The molecule has 0 aromatic carbocycles. The number of rotatable bonds is 6. The molecular formula is C13H21NO4. The fraction of sp³-hybridized carbons (Fsp3) is 0.846. The van der Waals surface area contributed by atoms with Gasteiger partial charge in [0.15, 0.2) is 0 Å². The van der Waals surface area contributed by atoms with Crippen molar-refractivity contribution in [2.75, 3.05) is 13.2 Å². The van der Waals surface area contributed by atoms with E-state index in [1.54, 1.807) is 0 Å². The highest BCUT2D eigenvalue weighted by Gasteiger charge is 2.33. The molecule has 2 fully saturated rings. The van der Waals surface area contributed by atoms with Crippen molar-refractivity contribution in [2.24, 2.45) is 5.92 Å². The summed E-state index contributed by atoms with van der Waals surface area (Å²) >= 11 is 0. The van der Waals surface area contributed by atoms with Crippen molar-refractivity contribution in [3.8, 4) is 0 Å². The number of hydrogen-bond donors (Lipinski definition) is 0. The Hall–Kier alpha value is -1.10. The predicted octanol–water partition coefficient (Wildman–Crippen LogP) is 1.31. The molecule has 0 aliphatic carbocycles. The highest BCUT2D eigenvalue weighted by atomic mass is 16.8. The van der Waals surface area contributed by atoms with Crippen LogP contribution < -0.4 is 0 Å². The molecule has 3 unspecified atom stereocenters. The summed E-state index contributed by atoms with van der Waals surface area (Å²) < 4.78 is 9.96. The number of likely N-dealkylation sites (tertiary alicyclic amines) is 1. The molecule has 0 N–H and O–H groups in total. The van der Waals surface area contributed by atoms with Gasteiger partial charge in [-0.05, 0) is 19.3 Å². The minimum atomic E-state index is -0.326. The van der Waals surface area contributed by atoms with Gasteiger partial charge in [-0.3, -0.25) is 9.59 Å². The van der Waals surface area contributed by atoms with E-state index in [-0.39, 0.29) is 30.1 Å². The molecule has 2 heterocycles. The van der Waals surface area contributed by atoms with Crippen LogP contribution in [-0.2, 0) is 19.1 Å². The number of nitrogens with zero attached hydrogens (tertiary/aromatic N) is 1. The van der Waals surface area contributed by atoms with Crippen LogP contribution in [0.1, 0.15) is 39.5 Å². The number of amides is 1. The summed E-state index contributed by atoms with van der Waals surface area (Å²) in [5.41, 5.74) is 0. The SMILES string of the molecule is CCC(CC(C)C(=O)OC1CO1)N1CCCC1=O. The van der Waals surface area contributed by atoms with E-state index in [0.29, 0.717) is 19.4 Å². The molecule has 0 radical (unpaired) electrons. The van der Waals surface area contributed by atoms with Gasteiger partial charge in [0.2, 0.25) is 12.2 Å². The zero-order valence-electron chi connectivity index (χ0n) is 11.1. The first-order chi connectivity index (χ1) is 8.61. The Kier molecular flexibility index (Phi) is 4.22. The number of epoxide rings is 1. The molecule has 102 valence electrons. The highest BCUT2D eigenvalue weighted by molar-refractivity contribution is 5.78. The fourth-order valence-electron chi connectivity index (χ4n) is 2.43. The average Bonchev–Trinajstić information content (AvgIpc) is 3.06. The van der Waals surface area contributed by atoms with Crippen LogP contribution in [0.25, 0.3) is 0 Å². The van der Waals surface area contributed by atoms with Gasteiger partial charge in [-0.15, -0.1) is 0 Å². The maximum absolute atomic E-state index is 11.7.